The van der Waals surface area contributed by atoms with Crippen LogP contribution in [0.3, 0.4) is 0 Å². The average Bonchev–Trinajstić information content (AvgIpc) is 2.93. The van der Waals surface area contributed by atoms with Gasteiger partial charge in [-0.3, -0.25) is 4.79 Å². The maximum atomic E-state index is 13.4. The molecule has 3 heterocycles. The number of halogens is 1. The normalized spacial score (nSPS) is 18.1. The first kappa shape index (κ1) is 13.4. The number of rotatable bonds is 2. The van der Waals surface area contributed by atoms with E-state index in [4.69, 9.17) is 11.5 Å². The Balaban J connectivity index is 2.00. The van der Waals surface area contributed by atoms with E-state index in [2.05, 4.69) is 9.97 Å². The first-order valence-corrected chi connectivity index (χ1v) is 6.73. The van der Waals surface area contributed by atoms with Crippen molar-refractivity contribution in [2.75, 3.05) is 22.9 Å². The predicted octanol–water partition coefficient (Wildman–Crippen LogP) is 1.41. The average molecular weight is 289 g/mol. The zero-order valence-corrected chi connectivity index (χ0v) is 11.3. The highest BCUT2D eigenvalue weighted by molar-refractivity contribution is 5.62. The maximum Gasteiger partial charge on any atom is 0.253 e. The monoisotopic (exact) mass is 289 g/mol. The Kier molecular flexibility index (Phi) is 3.25. The number of nitrogen functional groups attached to an aromatic ring is 2. The van der Waals surface area contributed by atoms with Crippen LogP contribution in [0.15, 0.2) is 29.2 Å². The molecule has 1 aliphatic heterocycles. The predicted molar refractivity (Wildman–Crippen MR) is 79.4 cm³/mol. The van der Waals surface area contributed by atoms with Crippen molar-refractivity contribution in [3.05, 3.63) is 46.1 Å². The molecule has 1 fully saturated rings. The Morgan fingerprint density at radius 1 is 1.38 bits per heavy atom. The molecule has 1 atom stereocenters. The van der Waals surface area contributed by atoms with Crippen molar-refractivity contribution in [1.29, 1.82) is 0 Å². The van der Waals surface area contributed by atoms with E-state index in [1.54, 1.807) is 12.1 Å². The van der Waals surface area contributed by atoms with Crippen molar-refractivity contribution in [2.45, 2.75) is 18.9 Å². The molecule has 1 aliphatic rings. The van der Waals surface area contributed by atoms with Crippen molar-refractivity contribution in [1.82, 2.24) is 9.97 Å². The highest BCUT2D eigenvalue weighted by Gasteiger charge is 2.29. The number of hydrogen-bond acceptors (Lipinski definition) is 5. The molecule has 0 amide bonds. The zero-order valence-electron chi connectivity index (χ0n) is 11.3. The first-order chi connectivity index (χ1) is 10.1. The number of aromatic amines is 1. The van der Waals surface area contributed by atoms with E-state index in [9.17, 15) is 9.18 Å². The van der Waals surface area contributed by atoms with Crippen LogP contribution in [0.4, 0.5) is 21.7 Å². The van der Waals surface area contributed by atoms with Gasteiger partial charge in [0.2, 0.25) is 0 Å². The van der Waals surface area contributed by atoms with Gasteiger partial charge >= 0.3 is 0 Å². The van der Waals surface area contributed by atoms with Gasteiger partial charge in [0.15, 0.2) is 0 Å². The number of anilines is 3. The molecule has 110 valence electrons. The number of nitrogens with zero attached hydrogens (tertiary/aromatic N) is 2. The van der Waals surface area contributed by atoms with Crippen LogP contribution in [-0.2, 0) is 0 Å². The number of H-pyrrole nitrogens is 1. The molecule has 0 aromatic carbocycles. The summed E-state index contributed by atoms with van der Waals surface area (Å²) in [7, 11) is 0. The maximum absolute atomic E-state index is 13.4. The summed E-state index contributed by atoms with van der Waals surface area (Å²) in [5.74, 6) is 0.445. The minimum Gasteiger partial charge on any atom is -0.396 e. The van der Waals surface area contributed by atoms with E-state index in [1.165, 1.54) is 6.07 Å². The van der Waals surface area contributed by atoms with Gasteiger partial charge in [0, 0.05) is 18.3 Å². The van der Waals surface area contributed by atoms with Gasteiger partial charge in [-0.1, -0.05) is 0 Å². The fourth-order valence-electron chi connectivity index (χ4n) is 2.72. The van der Waals surface area contributed by atoms with Crippen molar-refractivity contribution < 1.29 is 4.39 Å². The molecule has 3 rings (SSSR count). The minimum atomic E-state index is -0.457. The molecule has 2 aromatic heterocycles. The van der Waals surface area contributed by atoms with E-state index >= 15 is 0 Å². The molecule has 6 nitrogen and oxygen atoms in total. The molecule has 21 heavy (non-hydrogen) atoms. The van der Waals surface area contributed by atoms with Gasteiger partial charge in [-0.2, -0.15) is 0 Å². The number of pyridine rings is 2. The molecular weight excluding hydrogens is 273 g/mol. The molecule has 0 bridgehead atoms. The summed E-state index contributed by atoms with van der Waals surface area (Å²) < 4.78 is 13.4. The molecule has 0 spiro atoms. The number of aromatic nitrogens is 2. The van der Waals surface area contributed by atoms with Gasteiger partial charge in [0.25, 0.3) is 5.56 Å². The first-order valence-electron chi connectivity index (χ1n) is 6.73. The molecule has 0 aliphatic carbocycles. The lowest BCUT2D eigenvalue weighted by Crippen LogP contribution is -2.28. The summed E-state index contributed by atoms with van der Waals surface area (Å²) >= 11 is 0. The second-order valence-corrected chi connectivity index (χ2v) is 5.10. The topological polar surface area (TPSA) is 101 Å². The summed E-state index contributed by atoms with van der Waals surface area (Å²) in [6.45, 7) is 0.733. The number of nitrogens with two attached hydrogens (primary N) is 2. The molecule has 5 N–H and O–H groups in total. The van der Waals surface area contributed by atoms with E-state index in [0.717, 1.165) is 25.6 Å². The molecule has 1 saturated heterocycles. The van der Waals surface area contributed by atoms with Crippen molar-refractivity contribution >= 4 is 17.3 Å². The summed E-state index contributed by atoms with van der Waals surface area (Å²) in [6, 6.07) is 4.52. The van der Waals surface area contributed by atoms with Gasteiger partial charge in [-0.05, 0) is 31.0 Å². The lowest BCUT2D eigenvalue weighted by Gasteiger charge is -2.25. The third kappa shape index (κ3) is 2.42. The van der Waals surface area contributed by atoms with Crippen LogP contribution in [0.5, 0.6) is 0 Å². The zero-order chi connectivity index (χ0) is 15.0. The van der Waals surface area contributed by atoms with Crippen LogP contribution in [-0.4, -0.2) is 16.5 Å². The van der Waals surface area contributed by atoms with Crippen molar-refractivity contribution in [3.63, 3.8) is 0 Å². The van der Waals surface area contributed by atoms with Gasteiger partial charge in [-0.25, -0.2) is 9.37 Å². The number of nitrogens with one attached hydrogen (secondary N) is 1. The van der Waals surface area contributed by atoms with E-state index in [0.29, 0.717) is 17.1 Å². The van der Waals surface area contributed by atoms with E-state index in [1.807, 2.05) is 4.90 Å². The fraction of sp³-hybridized carbons (Fsp3) is 0.286. The third-order valence-electron chi connectivity index (χ3n) is 3.75. The number of hydrogen-bond donors (Lipinski definition) is 3. The van der Waals surface area contributed by atoms with Crippen molar-refractivity contribution in [2.24, 2.45) is 0 Å². The Morgan fingerprint density at radius 2 is 2.19 bits per heavy atom. The minimum absolute atomic E-state index is 0.208. The molecule has 1 unspecified atom stereocenters. The SMILES string of the molecule is Nc1ccc(N2CCCC2c2cc(F)c[nH]c2=O)nc1N. The molecule has 0 radical (unpaired) electrons. The molecule has 7 heteroatoms. The van der Waals surface area contributed by atoms with Crippen LogP contribution in [0.1, 0.15) is 24.4 Å². The second kappa shape index (κ2) is 5.08. The van der Waals surface area contributed by atoms with E-state index in [-0.39, 0.29) is 17.4 Å². The lowest BCUT2D eigenvalue weighted by atomic mass is 10.1. The summed E-state index contributed by atoms with van der Waals surface area (Å²) in [6.07, 6.45) is 2.72. The van der Waals surface area contributed by atoms with Crippen LogP contribution >= 0.6 is 0 Å². The van der Waals surface area contributed by atoms with Crippen LogP contribution in [0.2, 0.25) is 0 Å². The van der Waals surface area contributed by atoms with Crippen LogP contribution in [0.25, 0.3) is 0 Å². The Bertz CT molecular complexity index is 730. The van der Waals surface area contributed by atoms with Gasteiger partial charge < -0.3 is 21.4 Å². The Morgan fingerprint density at radius 3 is 2.95 bits per heavy atom. The summed E-state index contributed by atoms with van der Waals surface area (Å²) in [5, 5.41) is 0. The molecular formula is C14H16FN5O. The smallest absolute Gasteiger partial charge is 0.253 e. The summed E-state index contributed by atoms with van der Waals surface area (Å²) in [5.41, 5.74) is 11.9. The van der Waals surface area contributed by atoms with Crippen molar-refractivity contribution in [3.8, 4) is 0 Å². The highest BCUT2D eigenvalue weighted by atomic mass is 19.1. The van der Waals surface area contributed by atoms with Gasteiger partial charge in [0.1, 0.15) is 17.5 Å². The van der Waals surface area contributed by atoms with Gasteiger partial charge in [0.05, 0.1) is 11.7 Å². The Labute approximate surface area is 120 Å². The standard InChI is InChI=1S/C14H16FN5O/c15-8-6-9(14(21)18-7-8)11-2-1-5-20(11)12-4-3-10(16)13(17)19-12/h3-4,6-7,11H,1-2,5,16H2,(H2,17,19)(H,18,21). The fourth-order valence-corrected chi connectivity index (χ4v) is 2.72. The second-order valence-electron chi connectivity index (χ2n) is 5.10. The summed E-state index contributed by atoms with van der Waals surface area (Å²) in [4.78, 5) is 20.6. The molecule has 2 aromatic rings. The highest BCUT2D eigenvalue weighted by Crippen LogP contribution is 2.34. The molecule has 0 saturated carbocycles. The van der Waals surface area contributed by atoms with Crippen LogP contribution in [0, 0.1) is 5.82 Å². The van der Waals surface area contributed by atoms with Crippen LogP contribution < -0.4 is 21.9 Å². The lowest BCUT2D eigenvalue weighted by molar-refractivity contribution is 0.607. The Hall–Kier alpha value is -2.57. The van der Waals surface area contributed by atoms with E-state index < -0.39 is 5.82 Å². The third-order valence-corrected chi connectivity index (χ3v) is 3.75. The largest absolute Gasteiger partial charge is 0.396 e. The quantitative estimate of drug-likeness (QED) is 0.776. The van der Waals surface area contributed by atoms with Gasteiger partial charge in [-0.15, -0.1) is 0 Å².